The second-order valence-corrected chi connectivity index (χ2v) is 8.04. The van der Waals surface area contributed by atoms with Crippen LogP contribution in [0.15, 0.2) is 18.2 Å². The number of hydrogen-bond donors (Lipinski definition) is 1. The Kier molecular flexibility index (Phi) is 4.24. The fraction of sp³-hybridized carbons (Fsp3) is 0.700. The zero-order chi connectivity index (χ0) is 15.8. The van der Waals surface area contributed by atoms with Crippen molar-refractivity contribution in [1.82, 2.24) is 0 Å². The molecule has 1 N–H and O–H groups in total. The molecule has 2 atom stereocenters. The molecule has 0 heterocycles. The molecule has 0 amide bonds. The van der Waals surface area contributed by atoms with E-state index in [1.807, 2.05) is 0 Å². The highest BCUT2D eigenvalue weighted by molar-refractivity contribution is 5.37. The van der Waals surface area contributed by atoms with Crippen LogP contribution in [0.2, 0.25) is 0 Å². The Labute approximate surface area is 134 Å². The number of hydrogen-bond acceptors (Lipinski definition) is 2. The van der Waals surface area contributed by atoms with E-state index in [1.54, 1.807) is 7.11 Å². The number of aryl methyl sites for hydroxylation is 1. The Morgan fingerprint density at radius 2 is 1.82 bits per heavy atom. The summed E-state index contributed by atoms with van der Waals surface area (Å²) in [6.07, 6.45) is 8.73. The first-order valence-corrected chi connectivity index (χ1v) is 8.83. The molecule has 122 valence electrons. The van der Waals surface area contributed by atoms with Crippen LogP contribution in [-0.2, 0) is 12.8 Å². The molecule has 0 radical (unpaired) electrons. The average Bonchev–Trinajstić information content (AvgIpc) is 2.55. The highest BCUT2D eigenvalue weighted by Crippen LogP contribution is 2.50. The molecule has 0 aromatic heterocycles. The molecule has 0 unspecified atom stereocenters. The van der Waals surface area contributed by atoms with Crippen LogP contribution in [0.3, 0.4) is 0 Å². The van der Waals surface area contributed by atoms with Crippen LogP contribution < -0.4 is 4.74 Å². The largest absolute Gasteiger partial charge is 0.497 e. The van der Waals surface area contributed by atoms with Crippen molar-refractivity contribution in [2.75, 3.05) is 7.11 Å². The minimum Gasteiger partial charge on any atom is -0.497 e. The van der Waals surface area contributed by atoms with Gasteiger partial charge in [0, 0.05) is 0 Å². The van der Waals surface area contributed by atoms with Gasteiger partial charge in [-0.05, 0) is 73.1 Å². The monoisotopic (exact) mass is 302 g/mol. The summed E-state index contributed by atoms with van der Waals surface area (Å²) in [5.41, 5.74) is 2.57. The maximum atomic E-state index is 11.4. The Bertz CT molecular complexity index is 535. The molecule has 2 nitrogen and oxygen atoms in total. The van der Waals surface area contributed by atoms with Gasteiger partial charge in [-0.25, -0.2) is 0 Å². The van der Waals surface area contributed by atoms with Crippen LogP contribution >= 0.6 is 0 Å². The highest BCUT2D eigenvalue weighted by atomic mass is 16.5. The van der Waals surface area contributed by atoms with Crippen molar-refractivity contribution in [2.24, 2.45) is 11.3 Å². The van der Waals surface area contributed by atoms with E-state index in [-0.39, 0.29) is 5.41 Å². The summed E-state index contributed by atoms with van der Waals surface area (Å²) in [6.45, 7) is 4.69. The molecular formula is C20H30O2. The summed E-state index contributed by atoms with van der Waals surface area (Å²) in [5, 5.41) is 11.4. The normalized spacial score (nSPS) is 31.2. The second-order valence-electron chi connectivity index (χ2n) is 8.04. The standard InChI is InChI=1S/C20H30O2/c1-19(2)10-6-12-20(21)11-5-4-7-15-8-9-17(22-3)13-16(15)14-18(19)20/h8-9,13,18,21H,4-7,10-12,14H2,1-3H3/t18-,20+/m0/s1. The number of aliphatic hydroxyl groups is 1. The number of benzene rings is 1. The van der Waals surface area contributed by atoms with Crippen molar-refractivity contribution < 1.29 is 9.84 Å². The van der Waals surface area contributed by atoms with E-state index in [1.165, 1.54) is 24.0 Å². The van der Waals surface area contributed by atoms with Crippen molar-refractivity contribution in [2.45, 2.75) is 70.8 Å². The van der Waals surface area contributed by atoms with E-state index >= 15 is 0 Å². The zero-order valence-electron chi connectivity index (χ0n) is 14.3. The summed E-state index contributed by atoms with van der Waals surface area (Å²) in [4.78, 5) is 0. The van der Waals surface area contributed by atoms with Crippen LogP contribution in [0.4, 0.5) is 0 Å². The van der Waals surface area contributed by atoms with Crippen molar-refractivity contribution in [3.05, 3.63) is 29.3 Å². The summed E-state index contributed by atoms with van der Waals surface area (Å²) in [6, 6.07) is 6.51. The van der Waals surface area contributed by atoms with Gasteiger partial charge in [-0.3, -0.25) is 0 Å². The summed E-state index contributed by atoms with van der Waals surface area (Å²) in [7, 11) is 1.73. The van der Waals surface area contributed by atoms with Crippen LogP contribution in [0, 0.1) is 11.3 Å². The molecule has 3 rings (SSSR count). The number of methoxy groups -OCH3 is 1. The number of ether oxygens (including phenoxy) is 1. The number of rotatable bonds is 1. The van der Waals surface area contributed by atoms with Gasteiger partial charge in [0.25, 0.3) is 0 Å². The fourth-order valence-corrected chi connectivity index (χ4v) is 4.82. The molecule has 2 heteroatoms. The molecule has 0 bridgehead atoms. The minimum atomic E-state index is -0.480. The maximum Gasteiger partial charge on any atom is 0.119 e. The third-order valence-electron chi connectivity index (χ3n) is 6.17. The van der Waals surface area contributed by atoms with Gasteiger partial charge in [0.1, 0.15) is 5.75 Å². The predicted molar refractivity (Wildman–Crippen MR) is 90.3 cm³/mol. The molecule has 0 saturated heterocycles. The molecule has 1 aromatic carbocycles. The maximum absolute atomic E-state index is 11.4. The van der Waals surface area contributed by atoms with Crippen molar-refractivity contribution in [1.29, 1.82) is 0 Å². The van der Waals surface area contributed by atoms with Crippen LogP contribution in [0.25, 0.3) is 0 Å². The second kappa shape index (κ2) is 5.88. The van der Waals surface area contributed by atoms with Gasteiger partial charge in [-0.1, -0.05) is 32.8 Å². The smallest absolute Gasteiger partial charge is 0.119 e. The summed E-state index contributed by atoms with van der Waals surface area (Å²) < 4.78 is 5.43. The molecule has 0 aliphatic heterocycles. The Balaban J connectivity index is 2.01. The van der Waals surface area contributed by atoms with Gasteiger partial charge in [0.05, 0.1) is 12.7 Å². The summed E-state index contributed by atoms with van der Waals surface area (Å²) >= 11 is 0. The van der Waals surface area contributed by atoms with Crippen LogP contribution in [-0.4, -0.2) is 17.8 Å². The molecule has 1 fully saturated rings. The van der Waals surface area contributed by atoms with Crippen molar-refractivity contribution >= 4 is 0 Å². The van der Waals surface area contributed by atoms with E-state index in [9.17, 15) is 5.11 Å². The lowest BCUT2D eigenvalue weighted by atomic mass is 9.58. The average molecular weight is 302 g/mol. The van der Waals surface area contributed by atoms with E-state index in [4.69, 9.17) is 4.74 Å². The van der Waals surface area contributed by atoms with E-state index in [0.717, 1.165) is 44.3 Å². The molecular weight excluding hydrogens is 272 g/mol. The zero-order valence-corrected chi connectivity index (χ0v) is 14.3. The van der Waals surface area contributed by atoms with Crippen molar-refractivity contribution in [3.8, 4) is 5.75 Å². The lowest BCUT2D eigenvalue weighted by Crippen LogP contribution is -2.50. The topological polar surface area (TPSA) is 29.5 Å². The predicted octanol–water partition coefficient (Wildman–Crippen LogP) is 4.52. The Morgan fingerprint density at radius 1 is 1.05 bits per heavy atom. The van der Waals surface area contributed by atoms with Gasteiger partial charge < -0.3 is 9.84 Å². The van der Waals surface area contributed by atoms with E-state index in [0.29, 0.717) is 5.92 Å². The third kappa shape index (κ3) is 2.90. The van der Waals surface area contributed by atoms with Gasteiger partial charge in [0.2, 0.25) is 0 Å². The molecule has 2 aliphatic carbocycles. The van der Waals surface area contributed by atoms with Gasteiger partial charge in [0.15, 0.2) is 0 Å². The minimum absolute atomic E-state index is 0.206. The van der Waals surface area contributed by atoms with E-state index in [2.05, 4.69) is 32.0 Å². The van der Waals surface area contributed by atoms with Crippen molar-refractivity contribution in [3.63, 3.8) is 0 Å². The van der Waals surface area contributed by atoms with Gasteiger partial charge >= 0.3 is 0 Å². The van der Waals surface area contributed by atoms with Gasteiger partial charge in [-0.2, -0.15) is 0 Å². The molecule has 0 spiro atoms. The lowest BCUT2D eigenvalue weighted by Gasteiger charge is -2.50. The Hall–Kier alpha value is -1.02. The first kappa shape index (κ1) is 15.9. The van der Waals surface area contributed by atoms with Crippen LogP contribution in [0.5, 0.6) is 5.75 Å². The number of fused-ring (bicyclic) bond motifs is 2. The lowest BCUT2D eigenvalue weighted by molar-refractivity contribution is -0.107. The summed E-state index contributed by atoms with van der Waals surface area (Å²) in [5.74, 6) is 1.29. The molecule has 22 heavy (non-hydrogen) atoms. The first-order valence-electron chi connectivity index (χ1n) is 8.83. The van der Waals surface area contributed by atoms with Gasteiger partial charge in [-0.15, -0.1) is 0 Å². The molecule has 1 aromatic rings. The SMILES string of the molecule is COc1ccc2c(c1)C[C@H]1C(C)(C)CCC[C@]1(O)CCCC2. The quantitative estimate of drug-likeness (QED) is 0.826. The Morgan fingerprint density at radius 3 is 2.59 bits per heavy atom. The molecule has 1 saturated carbocycles. The highest BCUT2D eigenvalue weighted by Gasteiger charge is 2.48. The first-order chi connectivity index (χ1) is 10.4. The van der Waals surface area contributed by atoms with E-state index < -0.39 is 5.60 Å². The van der Waals surface area contributed by atoms with Crippen LogP contribution in [0.1, 0.15) is 63.5 Å². The molecule has 2 aliphatic rings. The third-order valence-corrected chi connectivity index (χ3v) is 6.17. The fourth-order valence-electron chi connectivity index (χ4n) is 4.82.